The molecule has 0 spiro atoms. The highest BCUT2D eigenvalue weighted by Gasteiger charge is 2.49. The number of aliphatic hydroxyl groups excluding tert-OH is 1. The maximum absolute atomic E-state index is 11.9. The van der Waals surface area contributed by atoms with E-state index in [2.05, 4.69) is 0 Å². The van der Waals surface area contributed by atoms with Gasteiger partial charge in [-0.1, -0.05) is 42.5 Å². The Hall–Kier alpha value is -2.98. The van der Waals surface area contributed by atoms with Crippen LogP contribution in [0.25, 0.3) is 0 Å². The van der Waals surface area contributed by atoms with Crippen molar-refractivity contribution < 1.29 is 43.1 Å². The highest BCUT2D eigenvalue weighted by atomic mass is 16.7. The topological polar surface area (TPSA) is 110 Å². The van der Waals surface area contributed by atoms with Crippen LogP contribution in [-0.4, -0.2) is 61.5 Å². The van der Waals surface area contributed by atoms with E-state index < -0.39 is 42.6 Å². The predicted octanol–water partition coefficient (Wildman–Crippen LogP) is 2.38. The minimum atomic E-state index is -1.41. The van der Waals surface area contributed by atoms with Crippen molar-refractivity contribution in [2.75, 3.05) is 13.7 Å². The van der Waals surface area contributed by atoms with E-state index in [-0.39, 0.29) is 19.8 Å². The van der Waals surface area contributed by atoms with E-state index in [4.69, 9.17) is 28.4 Å². The second-order valence-corrected chi connectivity index (χ2v) is 7.83. The molecule has 9 nitrogen and oxygen atoms in total. The van der Waals surface area contributed by atoms with Crippen LogP contribution >= 0.6 is 0 Å². The summed E-state index contributed by atoms with van der Waals surface area (Å²) in [6, 6.07) is 16.7. The molecule has 1 N–H and O–H groups in total. The van der Waals surface area contributed by atoms with E-state index in [1.807, 2.05) is 42.5 Å². The SMILES string of the molecule is COc1ccc(CO[C@H]2[C@@H](OCc3ccccc3)[C@H](OC(C)=O)[C@@H](COC(C)=O)O[C@@H]2O)cc1. The fourth-order valence-corrected chi connectivity index (χ4v) is 3.61. The number of hydrogen-bond donors (Lipinski definition) is 1. The number of carbonyl (C=O) groups excluding carboxylic acids is 2. The lowest BCUT2D eigenvalue weighted by Crippen LogP contribution is -2.61. The molecule has 9 heteroatoms. The number of benzene rings is 2. The average molecular weight is 475 g/mol. The van der Waals surface area contributed by atoms with Crippen molar-refractivity contribution >= 4 is 11.9 Å². The Bertz CT molecular complexity index is 916. The third kappa shape index (κ3) is 7.26. The fraction of sp³-hybridized carbons (Fsp3) is 0.440. The Labute approximate surface area is 198 Å². The Morgan fingerprint density at radius 2 is 1.47 bits per heavy atom. The molecule has 0 aromatic heterocycles. The van der Waals surface area contributed by atoms with E-state index in [9.17, 15) is 14.7 Å². The maximum atomic E-state index is 11.9. The van der Waals surface area contributed by atoms with Gasteiger partial charge in [-0.3, -0.25) is 9.59 Å². The molecule has 1 fully saturated rings. The first-order valence-corrected chi connectivity index (χ1v) is 10.9. The third-order valence-corrected chi connectivity index (χ3v) is 5.25. The van der Waals surface area contributed by atoms with Crippen LogP contribution in [0.15, 0.2) is 54.6 Å². The van der Waals surface area contributed by atoms with Gasteiger partial charge in [-0.05, 0) is 23.3 Å². The Kier molecular flexibility index (Phi) is 9.41. The molecule has 0 radical (unpaired) electrons. The van der Waals surface area contributed by atoms with Crippen LogP contribution in [-0.2, 0) is 46.5 Å². The Balaban J connectivity index is 1.81. The lowest BCUT2D eigenvalue weighted by Gasteiger charge is -2.43. The molecular formula is C25H30O9. The van der Waals surface area contributed by atoms with Gasteiger partial charge in [0.05, 0.1) is 20.3 Å². The van der Waals surface area contributed by atoms with Gasteiger partial charge in [-0.2, -0.15) is 0 Å². The van der Waals surface area contributed by atoms with Crippen LogP contribution in [0.4, 0.5) is 0 Å². The van der Waals surface area contributed by atoms with E-state index >= 15 is 0 Å². The molecule has 3 rings (SSSR count). The predicted molar refractivity (Wildman–Crippen MR) is 120 cm³/mol. The molecule has 184 valence electrons. The normalized spacial score (nSPS) is 24.3. The van der Waals surface area contributed by atoms with Crippen molar-refractivity contribution in [3.8, 4) is 5.75 Å². The van der Waals surface area contributed by atoms with Crippen molar-refractivity contribution in [3.63, 3.8) is 0 Å². The number of methoxy groups -OCH3 is 1. The molecule has 0 bridgehead atoms. The molecular weight excluding hydrogens is 444 g/mol. The van der Waals surface area contributed by atoms with Crippen molar-refractivity contribution in [2.45, 2.75) is 57.8 Å². The van der Waals surface area contributed by atoms with Crippen LogP contribution in [0.2, 0.25) is 0 Å². The van der Waals surface area contributed by atoms with Gasteiger partial charge in [0.1, 0.15) is 30.7 Å². The lowest BCUT2D eigenvalue weighted by molar-refractivity contribution is -0.309. The average Bonchev–Trinajstić information content (AvgIpc) is 2.82. The van der Waals surface area contributed by atoms with E-state index in [0.717, 1.165) is 11.1 Å². The standard InChI is InChI=1S/C25H30O9/c1-16(26)30-15-21-22(33-17(2)27)23(31-13-18-7-5-4-6-8-18)24(25(28)34-21)32-14-19-9-11-20(29-3)12-10-19/h4-12,21-25,28H,13-15H2,1-3H3/t21-,22-,23+,24+,25+/m1/s1. The molecule has 0 saturated carbocycles. The molecule has 2 aromatic rings. The molecule has 34 heavy (non-hydrogen) atoms. The minimum Gasteiger partial charge on any atom is -0.497 e. The van der Waals surface area contributed by atoms with E-state index in [0.29, 0.717) is 5.75 Å². The first-order valence-electron chi connectivity index (χ1n) is 10.9. The van der Waals surface area contributed by atoms with Gasteiger partial charge in [-0.25, -0.2) is 0 Å². The summed E-state index contributed by atoms with van der Waals surface area (Å²) in [7, 11) is 1.58. The lowest BCUT2D eigenvalue weighted by atomic mass is 9.98. The summed E-state index contributed by atoms with van der Waals surface area (Å²) in [5.41, 5.74) is 1.72. The van der Waals surface area contributed by atoms with Gasteiger partial charge < -0.3 is 33.5 Å². The molecule has 2 aromatic carbocycles. The number of ether oxygens (including phenoxy) is 6. The summed E-state index contributed by atoms with van der Waals surface area (Å²) >= 11 is 0. The molecule has 1 heterocycles. The minimum absolute atomic E-state index is 0.141. The van der Waals surface area contributed by atoms with Crippen LogP contribution in [0.1, 0.15) is 25.0 Å². The molecule has 0 amide bonds. The van der Waals surface area contributed by atoms with Gasteiger partial charge >= 0.3 is 11.9 Å². The summed E-state index contributed by atoms with van der Waals surface area (Å²) in [6.07, 6.45) is -5.21. The zero-order valence-electron chi connectivity index (χ0n) is 19.4. The molecule has 1 aliphatic rings. The number of rotatable bonds is 10. The molecule has 0 aliphatic carbocycles. The maximum Gasteiger partial charge on any atom is 0.303 e. The second-order valence-electron chi connectivity index (χ2n) is 7.83. The van der Waals surface area contributed by atoms with Crippen LogP contribution in [0.5, 0.6) is 5.75 Å². The van der Waals surface area contributed by atoms with Gasteiger partial charge in [0.25, 0.3) is 0 Å². The van der Waals surface area contributed by atoms with Gasteiger partial charge in [0.2, 0.25) is 0 Å². The third-order valence-electron chi connectivity index (χ3n) is 5.25. The van der Waals surface area contributed by atoms with Crippen molar-refractivity contribution in [1.82, 2.24) is 0 Å². The van der Waals surface area contributed by atoms with Crippen LogP contribution < -0.4 is 4.74 Å². The van der Waals surface area contributed by atoms with E-state index in [1.165, 1.54) is 13.8 Å². The number of esters is 2. The zero-order valence-corrected chi connectivity index (χ0v) is 19.4. The largest absolute Gasteiger partial charge is 0.497 e. The first-order chi connectivity index (χ1) is 16.4. The highest BCUT2D eigenvalue weighted by Crippen LogP contribution is 2.29. The second kappa shape index (κ2) is 12.5. The zero-order chi connectivity index (χ0) is 24.5. The summed E-state index contributed by atoms with van der Waals surface area (Å²) < 4.78 is 33.5. The molecule has 5 atom stereocenters. The smallest absolute Gasteiger partial charge is 0.303 e. The van der Waals surface area contributed by atoms with Crippen molar-refractivity contribution in [1.29, 1.82) is 0 Å². The van der Waals surface area contributed by atoms with Gasteiger partial charge in [0.15, 0.2) is 12.4 Å². The highest BCUT2D eigenvalue weighted by molar-refractivity contribution is 5.66. The fourth-order valence-electron chi connectivity index (χ4n) is 3.61. The monoisotopic (exact) mass is 474 g/mol. The molecule has 1 saturated heterocycles. The van der Waals surface area contributed by atoms with Gasteiger partial charge in [-0.15, -0.1) is 0 Å². The quantitative estimate of drug-likeness (QED) is 0.519. The number of aliphatic hydroxyl groups is 1. The van der Waals surface area contributed by atoms with Gasteiger partial charge in [0, 0.05) is 13.8 Å². The number of carbonyl (C=O) groups is 2. The van der Waals surface area contributed by atoms with E-state index in [1.54, 1.807) is 19.2 Å². The first kappa shape index (κ1) is 25.6. The molecule has 0 unspecified atom stereocenters. The summed E-state index contributed by atoms with van der Waals surface area (Å²) in [5.74, 6) is -0.392. The number of hydrogen-bond acceptors (Lipinski definition) is 9. The van der Waals surface area contributed by atoms with Crippen LogP contribution in [0.3, 0.4) is 0 Å². The molecule has 1 aliphatic heterocycles. The summed E-state index contributed by atoms with van der Waals surface area (Å²) in [4.78, 5) is 23.2. The van der Waals surface area contributed by atoms with Crippen molar-refractivity contribution in [3.05, 3.63) is 65.7 Å². The summed E-state index contributed by atoms with van der Waals surface area (Å²) in [6.45, 7) is 2.61. The Morgan fingerprint density at radius 3 is 2.06 bits per heavy atom. The van der Waals surface area contributed by atoms with Crippen molar-refractivity contribution in [2.24, 2.45) is 0 Å². The summed E-state index contributed by atoms with van der Waals surface area (Å²) in [5, 5.41) is 10.8. The Morgan fingerprint density at radius 1 is 0.853 bits per heavy atom. The van der Waals surface area contributed by atoms with Crippen LogP contribution in [0, 0.1) is 0 Å².